The highest BCUT2D eigenvalue weighted by Gasteiger charge is 2.47. The number of ketones is 1. The summed E-state index contributed by atoms with van der Waals surface area (Å²) in [6, 6.07) is 19.0. The topological polar surface area (TPSA) is 46.6 Å². The van der Waals surface area contributed by atoms with E-state index < -0.39 is 6.04 Å². The summed E-state index contributed by atoms with van der Waals surface area (Å²) in [5, 5.41) is 0. The largest absolute Gasteiger partial charge is 0.467 e. The van der Waals surface area contributed by atoms with Crippen molar-refractivity contribution >= 4 is 17.4 Å². The Morgan fingerprint density at radius 1 is 1.00 bits per heavy atom. The highest BCUT2D eigenvalue weighted by atomic mass is 16.5. The smallest absolute Gasteiger partial charge is 0.328 e. The zero-order valence-electron chi connectivity index (χ0n) is 13.9. The zero-order valence-corrected chi connectivity index (χ0v) is 13.9. The molecule has 4 nitrogen and oxygen atoms in total. The number of methoxy groups -OCH3 is 1. The van der Waals surface area contributed by atoms with Crippen molar-refractivity contribution < 1.29 is 14.3 Å². The van der Waals surface area contributed by atoms with Gasteiger partial charge in [-0.2, -0.15) is 0 Å². The first kappa shape index (κ1) is 16.2. The Labute approximate surface area is 142 Å². The Morgan fingerprint density at radius 2 is 1.58 bits per heavy atom. The Bertz CT molecular complexity index is 714. The maximum Gasteiger partial charge on any atom is 0.328 e. The van der Waals surface area contributed by atoms with E-state index in [0.29, 0.717) is 6.42 Å². The van der Waals surface area contributed by atoms with Gasteiger partial charge in [0.2, 0.25) is 0 Å². The molecule has 3 rings (SSSR count). The zero-order chi connectivity index (χ0) is 17.1. The fourth-order valence-corrected chi connectivity index (χ4v) is 3.59. The van der Waals surface area contributed by atoms with E-state index in [0.717, 1.165) is 11.3 Å². The second-order valence-corrected chi connectivity index (χ2v) is 6.09. The number of carbonyl (C=O) groups excluding carboxylic acids is 2. The number of hydrogen-bond acceptors (Lipinski definition) is 4. The molecule has 0 N–H and O–H groups in total. The second kappa shape index (κ2) is 6.87. The molecule has 4 heteroatoms. The van der Waals surface area contributed by atoms with E-state index in [2.05, 4.69) is 0 Å². The molecule has 0 saturated carbocycles. The number of benzene rings is 2. The van der Waals surface area contributed by atoms with Crippen molar-refractivity contribution in [2.75, 3.05) is 12.0 Å². The van der Waals surface area contributed by atoms with Gasteiger partial charge in [-0.3, -0.25) is 4.79 Å². The molecule has 2 aromatic carbocycles. The molecule has 124 valence electrons. The number of nitrogens with zero attached hydrogens (tertiary/aromatic N) is 1. The van der Waals surface area contributed by atoms with Crippen LogP contribution in [0.25, 0.3) is 0 Å². The third kappa shape index (κ3) is 2.92. The van der Waals surface area contributed by atoms with Crippen LogP contribution in [0.5, 0.6) is 0 Å². The van der Waals surface area contributed by atoms with Gasteiger partial charge in [0.25, 0.3) is 0 Å². The van der Waals surface area contributed by atoms with Gasteiger partial charge in [-0.15, -0.1) is 0 Å². The van der Waals surface area contributed by atoms with Crippen LogP contribution >= 0.6 is 0 Å². The number of anilines is 1. The molecular weight excluding hydrogens is 302 g/mol. The van der Waals surface area contributed by atoms with Gasteiger partial charge >= 0.3 is 5.97 Å². The lowest BCUT2D eigenvalue weighted by Gasteiger charge is -2.32. The summed E-state index contributed by atoms with van der Waals surface area (Å²) in [6.45, 7) is 1.60. The summed E-state index contributed by atoms with van der Waals surface area (Å²) in [5.41, 5.74) is 1.96. The van der Waals surface area contributed by atoms with Gasteiger partial charge in [-0.05, 0) is 31.0 Å². The summed E-state index contributed by atoms with van der Waals surface area (Å²) >= 11 is 0. The van der Waals surface area contributed by atoms with Crippen LogP contribution in [-0.2, 0) is 14.3 Å². The minimum atomic E-state index is -0.462. The van der Waals surface area contributed by atoms with E-state index in [-0.39, 0.29) is 23.7 Å². The average Bonchev–Trinajstić information content (AvgIpc) is 3.03. The van der Waals surface area contributed by atoms with E-state index >= 15 is 0 Å². The van der Waals surface area contributed by atoms with Gasteiger partial charge in [-0.25, -0.2) is 4.79 Å². The van der Waals surface area contributed by atoms with Crippen LogP contribution in [0, 0.1) is 5.92 Å². The van der Waals surface area contributed by atoms with Crippen molar-refractivity contribution in [1.82, 2.24) is 0 Å². The summed E-state index contributed by atoms with van der Waals surface area (Å²) in [7, 11) is 1.39. The monoisotopic (exact) mass is 323 g/mol. The van der Waals surface area contributed by atoms with Crippen LogP contribution in [0.4, 0.5) is 5.69 Å². The quantitative estimate of drug-likeness (QED) is 0.809. The van der Waals surface area contributed by atoms with Crippen molar-refractivity contribution in [3.63, 3.8) is 0 Å². The second-order valence-electron chi connectivity index (χ2n) is 6.09. The molecule has 0 unspecified atom stereocenters. The number of esters is 1. The molecule has 0 bridgehead atoms. The highest BCUT2D eigenvalue weighted by molar-refractivity contribution is 5.87. The predicted octanol–water partition coefficient (Wildman–Crippen LogP) is 3.38. The first-order valence-corrected chi connectivity index (χ1v) is 8.10. The number of ether oxygens (including phenoxy) is 1. The summed E-state index contributed by atoms with van der Waals surface area (Å²) in [4.78, 5) is 26.7. The summed E-state index contributed by atoms with van der Waals surface area (Å²) < 4.78 is 5.01. The van der Waals surface area contributed by atoms with Gasteiger partial charge in [0.1, 0.15) is 11.8 Å². The van der Waals surface area contributed by atoms with Crippen LogP contribution < -0.4 is 4.90 Å². The lowest BCUT2D eigenvalue weighted by molar-refractivity contribution is -0.142. The molecule has 1 saturated heterocycles. The molecule has 0 aliphatic carbocycles. The summed E-state index contributed by atoms with van der Waals surface area (Å²) in [6.07, 6.45) is 0.469. The molecule has 24 heavy (non-hydrogen) atoms. The maximum absolute atomic E-state index is 12.4. The highest BCUT2D eigenvalue weighted by Crippen LogP contribution is 2.44. The molecule has 1 heterocycles. The van der Waals surface area contributed by atoms with Crippen LogP contribution in [-0.4, -0.2) is 24.9 Å². The minimum absolute atomic E-state index is 0.0937. The molecule has 0 aromatic heterocycles. The lowest BCUT2D eigenvalue weighted by Crippen LogP contribution is -2.38. The maximum atomic E-state index is 12.4. The molecule has 1 aliphatic heterocycles. The first-order chi connectivity index (χ1) is 11.6. The van der Waals surface area contributed by atoms with Gasteiger partial charge < -0.3 is 9.64 Å². The van der Waals surface area contributed by atoms with Crippen molar-refractivity contribution in [3.8, 4) is 0 Å². The molecule has 1 fully saturated rings. The standard InChI is InChI=1S/C20H21NO3/c1-14(22)17-13-18(20(23)24-2)21(16-11-7-4-8-12-16)19(17)15-9-5-3-6-10-15/h3-12,17-19H,13H2,1-2H3/t17-,18-,19-/m1/s1. The molecule has 2 aromatic rings. The molecule has 0 radical (unpaired) electrons. The number of Topliss-reactive ketones (excluding diaryl/α,β-unsaturated/α-hetero) is 1. The number of para-hydroxylation sites is 1. The Morgan fingerprint density at radius 3 is 2.12 bits per heavy atom. The van der Waals surface area contributed by atoms with Crippen LogP contribution in [0.2, 0.25) is 0 Å². The first-order valence-electron chi connectivity index (χ1n) is 8.10. The number of rotatable bonds is 4. The third-order valence-electron chi connectivity index (χ3n) is 4.68. The molecule has 1 aliphatic rings. The van der Waals surface area contributed by atoms with E-state index in [4.69, 9.17) is 4.74 Å². The Hall–Kier alpha value is -2.62. The molecule has 3 atom stereocenters. The van der Waals surface area contributed by atoms with Gasteiger partial charge in [-0.1, -0.05) is 48.5 Å². The van der Waals surface area contributed by atoms with Crippen molar-refractivity contribution in [2.45, 2.75) is 25.4 Å². The minimum Gasteiger partial charge on any atom is -0.467 e. The SMILES string of the molecule is COC(=O)[C@H]1C[C@H](C(C)=O)[C@@H](c2ccccc2)N1c1ccccc1. The lowest BCUT2D eigenvalue weighted by atomic mass is 9.90. The van der Waals surface area contributed by atoms with Crippen molar-refractivity contribution in [2.24, 2.45) is 5.92 Å². The van der Waals surface area contributed by atoms with Gasteiger partial charge in [0.05, 0.1) is 13.2 Å². The van der Waals surface area contributed by atoms with Gasteiger partial charge in [0.15, 0.2) is 0 Å². The average molecular weight is 323 g/mol. The van der Waals surface area contributed by atoms with Crippen LogP contribution in [0.3, 0.4) is 0 Å². The normalized spacial score (nSPS) is 23.1. The Balaban J connectivity index is 2.12. The van der Waals surface area contributed by atoms with Gasteiger partial charge in [0, 0.05) is 11.6 Å². The third-order valence-corrected chi connectivity index (χ3v) is 4.68. The molecule has 0 spiro atoms. The number of hydrogen-bond donors (Lipinski definition) is 0. The fourth-order valence-electron chi connectivity index (χ4n) is 3.59. The molecule has 0 amide bonds. The predicted molar refractivity (Wildman–Crippen MR) is 92.7 cm³/mol. The van der Waals surface area contributed by atoms with E-state index in [1.165, 1.54) is 7.11 Å². The van der Waals surface area contributed by atoms with Crippen molar-refractivity contribution in [3.05, 3.63) is 66.2 Å². The van der Waals surface area contributed by atoms with E-state index in [1.54, 1.807) is 6.92 Å². The van der Waals surface area contributed by atoms with E-state index in [9.17, 15) is 9.59 Å². The van der Waals surface area contributed by atoms with E-state index in [1.807, 2.05) is 65.6 Å². The van der Waals surface area contributed by atoms with Crippen LogP contribution in [0.1, 0.15) is 24.9 Å². The van der Waals surface area contributed by atoms with Crippen LogP contribution in [0.15, 0.2) is 60.7 Å². The summed E-state index contributed by atoms with van der Waals surface area (Å²) in [5.74, 6) is -0.448. The fraction of sp³-hybridized carbons (Fsp3) is 0.300. The number of carbonyl (C=O) groups is 2. The molecular formula is C20H21NO3. The van der Waals surface area contributed by atoms with Crippen molar-refractivity contribution in [1.29, 1.82) is 0 Å². The Kier molecular flexibility index (Phi) is 4.65.